The topological polar surface area (TPSA) is 67.3 Å². The fourth-order valence-electron chi connectivity index (χ4n) is 3.14. The van der Waals surface area contributed by atoms with Crippen LogP contribution < -0.4 is 4.90 Å². The van der Waals surface area contributed by atoms with Crippen molar-refractivity contribution in [1.82, 2.24) is 4.98 Å². The first-order valence-electron chi connectivity index (χ1n) is 9.62. The third-order valence-electron chi connectivity index (χ3n) is 4.86. The number of para-hydroxylation sites is 1. The van der Waals surface area contributed by atoms with Crippen LogP contribution in [0.15, 0.2) is 77.7 Å². The molecule has 0 saturated heterocycles. The van der Waals surface area contributed by atoms with Crippen LogP contribution in [0.1, 0.15) is 22.8 Å². The Bertz CT molecular complexity index is 1330. The van der Waals surface area contributed by atoms with Crippen molar-refractivity contribution in [1.29, 1.82) is 0 Å². The highest BCUT2D eigenvalue weighted by atomic mass is 32.2. The lowest BCUT2D eigenvalue weighted by atomic mass is 10.1. The van der Waals surface area contributed by atoms with E-state index in [0.29, 0.717) is 15.4 Å². The zero-order chi connectivity index (χ0) is 22.0. The van der Waals surface area contributed by atoms with E-state index in [4.69, 9.17) is 0 Å². The van der Waals surface area contributed by atoms with E-state index < -0.39 is 15.7 Å². The smallest absolute Gasteiger partial charge is 0.260 e. The van der Waals surface area contributed by atoms with Crippen LogP contribution in [0.3, 0.4) is 0 Å². The van der Waals surface area contributed by atoms with Gasteiger partial charge >= 0.3 is 0 Å². The molecule has 158 valence electrons. The first-order chi connectivity index (χ1) is 14.9. The summed E-state index contributed by atoms with van der Waals surface area (Å²) >= 11 is 1.23. The molecule has 3 aromatic carbocycles. The number of hydrogen-bond acceptors (Lipinski definition) is 5. The van der Waals surface area contributed by atoms with Gasteiger partial charge in [-0.25, -0.2) is 17.8 Å². The molecule has 0 fully saturated rings. The van der Waals surface area contributed by atoms with Crippen LogP contribution in [0.25, 0.3) is 10.2 Å². The number of carbonyl (C=O) groups excluding carboxylic acids is 1. The molecule has 0 atom stereocenters. The van der Waals surface area contributed by atoms with E-state index in [-0.39, 0.29) is 28.6 Å². The molecule has 1 amide bonds. The Labute approximate surface area is 183 Å². The summed E-state index contributed by atoms with van der Waals surface area (Å²) in [5.41, 5.74) is 1.43. The van der Waals surface area contributed by atoms with Crippen molar-refractivity contribution < 1.29 is 17.6 Å². The first kappa shape index (κ1) is 21.1. The van der Waals surface area contributed by atoms with Crippen LogP contribution in [0, 0.1) is 5.82 Å². The lowest BCUT2D eigenvalue weighted by Gasteiger charge is -2.20. The van der Waals surface area contributed by atoms with Crippen molar-refractivity contribution in [3.63, 3.8) is 0 Å². The highest BCUT2D eigenvalue weighted by Crippen LogP contribution is 2.32. The second-order valence-corrected chi connectivity index (χ2v) is 10.2. The monoisotopic (exact) mass is 454 g/mol. The molecule has 0 bridgehead atoms. The molecule has 0 radical (unpaired) electrons. The van der Waals surface area contributed by atoms with Crippen LogP contribution >= 0.6 is 11.3 Å². The zero-order valence-corrected chi connectivity index (χ0v) is 18.3. The molecule has 0 spiro atoms. The van der Waals surface area contributed by atoms with Gasteiger partial charge in [0.15, 0.2) is 15.0 Å². The Kier molecular flexibility index (Phi) is 5.84. The summed E-state index contributed by atoms with van der Waals surface area (Å²) < 4.78 is 39.0. The van der Waals surface area contributed by atoms with Crippen LogP contribution in [0.5, 0.6) is 0 Å². The molecule has 0 aliphatic rings. The molecule has 0 N–H and O–H groups in total. The summed E-state index contributed by atoms with van der Waals surface area (Å²) in [6.07, 6.45) is 0. The Morgan fingerprint density at radius 1 is 1.00 bits per heavy atom. The van der Waals surface area contributed by atoms with Gasteiger partial charge in [-0.2, -0.15) is 0 Å². The number of anilines is 1. The fraction of sp³-hybridized carbons (Fsp3) is 0.130. The highest BCUT2D eigenvalue weighted by molar-refractivity contribution is 7.91. The molecule has 4 rings (SSSR count). The van der Waals surface area contributed by atoms with E-state index in [9.17, 15) is 17.6 Å². The van der Waals surface area contributed by atoms with Crippen molar-refractivity contribution in [2.45, 2.75) is 18.4 Å². The Morgan fingerprint density at radius 3 is 2.35 bits per heavy atom. The number of rotatable bonds is 6. The number of thiazole rings is 1. The maximum Gasteiger partial charge on any atom is 0.260 e. The van der Waals surface area contributed by atoms with Gasteiger partial charge in [0.2, 0.25) is 0 Å². The third-order valence-corrected chi connectivity index (χ3v) is 7.65. The molecule has 1 heterocycles. The summed E-state index contributed by atoms with van der Waals surface area (Å²) in [5.74, 6) is -0.803. The Morgan fingerprint density at radius 2 is 1.71 bits per heavy atom. The normalized spacial score (nSPS) is 11.5. The van der Waals surface area contributed by atoms with E-state index in [0.717, 1.165) is 5.56 Å². The lowest BCUT2D eigenvalue weighted by Crippen LogP contribution is -2.30. The molecule has 31 heavy (non-hydrogen) atoms. The van der Waals surface area contributed by atoms with Gasteiger partial charge in [-0.15, -0.1) is 0 Å². The van der Waals surface area contributed by atoms with Crippen LogP contribution in [-0.2, 0) is 16.4 Å². The lowest BCUT2D eigenvalue weighted by molar-refractivity contribution is 0.0985. The van der Waals surface area contributed by atoms with Crippen molar-refractivity contribution in [3.8, 4) is 0 Å². The Hall–Kier alpha value is -3.10. The van der Waals surface area contributed by atoms with Gasteiger partial charge < -0.3 is 0 Å². The number of nitrogens with zero attached hydrogens (tertiary/aromatic N) is 2. The summed E-state index contributed by atoms with van der Waals surface area (Å²) in [6, 6.07) is 20.0. The van der Waals surface area contributed by atoms with Crippen molar-refractivity contribution in [3.05, 3.63) is 89.7 Å². The van der Waals surface area contributed by atoms with Crippen molar-refractivity contribution in [2.24, 2.45) is 0 Å². The van der Waals surface area contributed by atoms with Crippen LogP contribution in [-0.4, -0.2) is 25.1 Å². The average Bonchev–Trinajstić information content (AvgIpc) is 3.23. The van der Waals surface area contributed by atoms with Gasteiger partial charge in [-0.1, -0.05) is 54.7 Å². The van der Waals surface area contributed by atoms with Crippen LogP contribution in [0.2, 0.25) is 0 Å². The zero-order valence-electron chi connectivity index (χ0n) is 16.7. The highest BCUT2D eigenvalue weighted by Gasteiger charge is 2.23. The van der Waals surface area contributed by atoms with E-state index in [1.54, 1.807) is 19.1 Å². The van der Waals surface area contributed by atoms with E-state index in [2.05, 4.69) is 4.98 Å². The quantitative estimate of drug-likeness (QED) is 0.408. The first-order valence-corrected chi connectivity index (χ1v) is 12.1. The van der Waals surface area contributed by atoms with E-state index in [1.165, 1.54) is 46.6 Å². The molecule has 0 unspecified atom stereocenters. The van der Waals surface area contributed by atoms with Crippen LogP contribution in [0.4, 0.5) is 9.52 Å². The summed E-state index contributed by atoms with van der Waals surface area (Å²) in [6.45, 7) is 1.82. The number of amides is 1. The van der Waals surface area contributed by atoms with Gasteiger partial charge in [0.05, 0.1) is 21.9 Å². The summed E-state index contributed by atoms with van der Waals surface area (Å²) in [7, 11) is -3.36. The minimum Gasteiger partial charge on any atom is -0.279 e. The summed E-state index contributed by atoms with van der Waals surface area (Å²) in [4.78, 5) is 19.4. The number of fused-ring (bicyclic) bond motifs is 1. The van der Waals surface area contributed by atoms with Crippen molar-refractivity contribution in [2.75, 3.05) is 10.7 Å². The molecule has 4 aromatic rings. The Balaban J connectivity index is 1.74. The predicted molar refractivity (Wildman–Crippen MR) is 121 cm³/mol. The number of hydrogen-bond donors (Lipinski definition) is 0. The number of sulfone groups is 1. The average molecular weight is 455 g/mol. The van der Waals surface area contributed by atoms with E-state index >= 15 is 0 Å². The fourth-order valence-corrected chi connectivity index (χ4v) is 5.00. The molecular formula is C23H19FN2O3S2. The standard InChI is InChI=1S/C23H19FN2O3S2/c1-2-31(28,29)18-13-11-17(12-14-18)22(27)26(15-16-7-4-3-5-8-16)23-25-21-19(24)9-6-10-20(21)30-23/h3-14H,2,15H2,1H3. The number of halogens is 1. The van der Waals surface area contributed by atoms with Gasteiger partial charge in [0.1, 0.15) is 11.3 Å². The predicted octanol–water partition coefficient (Wildman–Crippen LogP) is 5.08. The van der Waals surface area contributed by atoms with E-state index in [1.807, 2.05) is 30.3 Å². The molecule has 0 aliphatic carbocycles. The van der Waals surface area contributed by atoms with Gasteiger partial charge in [0, 0.05) is 5.56 Å². The maximum absolute atomic E-state index is 14.2. The number of benzene rings is 3. The SMILES string of the molecule is CCS(=O)(=O)c1ccc(C(=O)N(Cc2ccccc2)c2nc3c(F)cccc3s2)cc1. The summed E-state index contributed by atoms with van der Waals surface area (Å²) in [5, 5.41) is 0.374. The molecule has 0 saturated carbocycles. The molecule has 1 aromatic heterocycles. The minimum atomic E-state index is -3.36. The van der Waals surface area contributed by atoms with Gasteiger partial charge in [-0.05, 0) is 42.0 Å². The van der Waals surface area contributed by atoms with Gasteiger partial charge in [-0.3, -0.25) is 9.69 Å². The minimum absolute atomic E-state index is 0.0162. The number of carbonyl (C=O) groups is 1. The molecule has 8 heteroatoms. The second kappa shape index (κ2) is 8.56. The third kappa shape index (κ3) is 4.35. The largest absolute Gasteiger partial charge is 0.279 e. The second-order valence-electron chi connectivity index (χ2n) is 6.89. The molecular weight excluding hydrogens is 435 g/mol. The van der Waals surface area contributed by atoms with Crippen molar-refractivity contribution >= 4 is 42.4 Å². The molecule has 5 nitrogen and oxygen atoms in total. The van der Waals surface area contributed by atoms with Gasteiger partial charge in [0.25, 0.3) is 5.91 Å². The number of aromatic nitrogens is 1. The maximum atomic E-state index is 14.2. The molecule has 0 aliphatic heterocycles.